The van der Waals surface area contributed by atoms with Crippen LogP contribution in [0.15, 0.2) is 16.5 Å². The lowest BCUT2D eigenvalue weighted by molar-refractivity contribution is 0.0562. The molecule has 0 spiro atoms. The van der Waals surface area contributed by atoms with Gasteiger partial charge in [0.15, 0.2) is 0 Å². The number of carbonyl (C=O) groups excluding carboxylic acids is 1. The number of ether oxygens (including phenoxy) is 1. The van der Waals surface area contributed by atoms with Gasteiger partial charge in [0, 0.05) is 12.6 Å². The van der Waals surface area contributed by atoms with Crippen LogP contribution in [0.4, 0.5) is 0 Å². The number of aliphatic hydroxyl groups is 1. The first kappa shape index (κ1) is 14.7. The predicted molar refractivity (Wildman–Crippen MR) is 67.4 cm³/mol. The van der Waals surface area contributed by atoms with Crippen LogP contribution in [0, 0.1) is 0 Å². The zero-order valence-electron chi connectivity index (χ0n) is 11.1. The molecule has 0 aromatic carbocycles. The summed E-state index contributed by atoms with van der Waals surface area (Å²) in [7, 11) is 1.32. The summed E-state index contributed by atoms with van der Waals surface area (Å²) in [5.74, 6) is 0.416. The third kappa shape index (κ3) is 3.85. The minimum atomic E-state index is -0.476. The van der Waals surface area contributed by atoms with E-state index in [4.69, 9.17) is 9.52 Å². The summed E-state index contributed by atoms with van der Waals surface area (Å²) in [5, 5.41) is 12.3. The molecule has 5 nitrogen and oxygen atoms in total. The molecule has 2 unspecified atom stereocenters. The Morgan fingerprint density at radius 3 is 2.83 bits per heavy atom. The Morgan fingerprint density at radius 2 is 2.28 bits per heavy atom. The molecule has 2 N–H and O–H groups in total. The summed E-state index contributed by atoms with van der Waals surface area (Å²) in [4.78, 5) is 11.3. The molecule has 0 aliphatic rings. The maximum Gasteiger partial charge on any atom is 0.373 e. The number of methoxy groups -OCH3 is 1. The molecule has 0 bridgehead atoms. The molecule has 1 heterocycles. The highest BCUT2D eigenvalue weighted by molar-refractivity contribution is 5.86. The third-order valence-corrected chi connectivity index (χ3v) is 2.90. The van der Waals surface area contributed by atoms with E-state index in [9.17, 15) is 4.79 Å². The van der Waals surface area contributed by atoms with Crippen LogP contribution in [0.25, 0.3) is 0 Å². The highest BCUT2D eigenvalue weighted by atomic mass is 16.5. The van der Waals surface area contributed by atoms with Crippen molar-refractivity contribution in [2.45, 2.75) is 38.8 Å². The van der Waals surface area contributed by atoms with Gasteiger partial charge in [0.1, 0.15) is 5.76 Å². The minimum Gasteiger partial charge on any atom is -0.463 e. The second-order valence-corrected chi connectivity index (χ2v) is 4.20. The van der Waals surface area contributed by atoms with Gasteiger partial charge < -0.3 is 19.6 Å². The first-order valence-corrected chi connectivity index (χ1v) is 6.17. The fraction of sp³-hybridized carbons (Fsp3) is 0.615. The van der Waals surface area contributed by atoms with E-state index in [0.717, 1.165) is 6.42 Å². The zero-order valence-corrected chi connectivity index (χ0v) is 11.1. The number of furan rings is 1. The number of aliphatic hydroxyl groups excluding tert-OH is 1. The van der Waals surface area contributed by atoms with Crippen LogP contribution >= 0.6 is 0 Å². The van der Waals surface area contributed by atoms with E-state index < -0.39 is 5.97 Å². The van der Waals surface area contributed by atoms with Crippen LogP contribution in [0.5, 0.6) is 0 Å². The second kappa shape index (κ2) is 7.18. The maximum absolute atomic E-state index is 11.3. The largest absolute Gasteiger partial charge is 0.463 e. The van der Waals surface area contributed by atoms with Gasteiger partial charge in [0.05, 0.1) is 13.2 Å². The Kier molecular flexibility index (Phi) is 5.88. The minimum absolute atomic E-state index is 0.0140. The molecular weight excluding hydrogens is 234 g/mol. The monoisotopic (exact) mass is 255 g/mol. The molecule has 1 aromatic heterocycles. The topological polar surface area (TPSA) is 71.7 Å². The van der Waals surface area contributed by atoms with Crippen molar-refractivity contribution in [3.63, 3.8) is 0 Å². The molecule has 0 saturated heterocycles. The zero-order chi connectivity index (χ0) is 13.5. The van der Waals surface area contributed by atoms with Crippen molar-refractivity contribution in [3.8, 4) is 0 Å². The summed E-state index contributed by atoms with van der Waals surface area (Å²) >= 11 is 0. The van der Waals surface area contributed by atoms with Crippen LogP contribution in [0.1, 0.15) is 49.0 Å². The molecule has 2 atom stereocenters. The first-order chi connectivity index (χ1) is 8.62. The van der Waals surface area contributed by atoms with Crippen molar-refractivity contribution in [3.05, 3.63) is 23.7 Å². The van der Waals surface area contributed by atoms with E-state index in [2.05, 4.69) is 17.0 Å². The number of rotatable bonds is 7. The third-order valence-electron chi connectivity index (χ3n) is 2.90. The SMILES string of the molecule is CCC(CCO)NC(C)c1ccc(C(=O)OC)o1. The lowest BCUT2D eigenvalue weighted by Gasteiger charge is -2.20. The van der Waals surface area contributed by atoms with Crippen molar-refractivity contribution >= 4 is 5.97 Å². The number of hydrogen-bond acceptors (Lipinski definition) is 5. The fourth-order valence-electron chi connectivity index (χ4n) is 1.79. The molecule has 102 valence electrons. The summed E-state index contributed by atoms with van der Waals surface area (Å²) in [6.07, 6.45) is 1.63. The van der Waals surface area contributed by atoms with E-state index >= 15 is 0 Å². The van der Waals surface area contributed by atoms with Gasteiger partial charge in [0.2, 0.25) is 5.76 Å². The van der Waals surface area contributed by atoms with Crippen molar-refractivity contribution < 1.29 is 19.1 Å². The second-order valence-electron chi connectivity index (χ2n) is 4.20. The van der Waals surface area contributed by atoms with Crippen LogP contribution in [0.2, 0.25) is 0 Å². The Bertz CT molecular complexity index is 375. The van der Waals surface area contributed by atoms with Gasteiger partial charge in [-0.15, -0.1) is 0 Å². The molecule has 0 amide bonds. The quantitative estimate of drug-likeness (QED) is 0.728. The van der Waals surface area contributed by atoms with E-state index in [1.807, 2.05) is 6.92 Å². The van der Waals surface area contributed by atoms with Crippen molar-refractivity contribution in [1.82, 2.24) is 5.32 Å². The first-order valence-electron chi connectivity index (χ1n) is 6.17. The van der Waals surface area contributed by atoms with Crippen molar-refractivity contribution in [1.29, 1.82) is 0 Å². The van der Waals surface area contributed by atoms with Gasteiger partial charge in [0.25, 0.3) is 0 Å². The lowest BCUT2D eigenvalue weighted by Crippen LogP contribution is -2.31. The van der Waals surface area contributed by atoms with Crippen LogP contribution in [-0.4, -0.2) is 30.8 Å². The molecule has 5 heteroatoms. The molecule has 1 rings (SSSR count). The molecule has 0 fully saturated rings. The maximum atomic E-state index is 11.3. The van der Waals surface area contributed by atoms with Gasteiger partial charge in [-0.1, -0.05) is 6.92 Å². The van der Waals surface area contributed by atoms with Crippen molar-refractivity contribution in [2.24, 2.45) is 0 Å². The molecular formula is C13H21NO4. The predicted octanol–water partition coefficient (Wildman–Crippen LogP) is 1.88. The van der Waals surface area contributed by atoms with Crippen LogP contribution in [0.3, 0.4) is 0 Å². The Morgan fingerprint density at radius 1 is 1.56 bits per heavy atom. The fourth-order valence-corrected chi connectivity index (χ4v) is 1.79. The van der Waals surface area contributed by atoms with Crippen molar-refractivity contribution in [2.75, 3.05) is 13.7 Å². The Balaban J connectivity index is 2.63. The van der Waals surface area contributed by atoms with Gasteiger partial charge >= 0.3 is 5.97 Å². The van der Waals surface area contributed by atoms with Gasteiger partial charge in [-0.3, -0.25) is 0 Å². The van der Waals surface area contributed by atoms with Gasteiger partial charge in [-0.2, -0.15) is 0 Å². The van der Waals surface area contributed by atoms with E-state index in [-0.39, 0.29) is 24.5 Å². The molecule has 0 aliphatic heterocycles. The highest BCUT2D eigenvalue weighted by Gasteiger charge is 2.17. The van der Waals surface area contributed by atoms with E-state index in [1.54, 1.807) is 12.1 Å². The smallest absolute Gasteiger partial charge is 0.373 e. The molecule has 0 radical (unpaired) electrons. The summed E-state index contributed by atoms with van der Waals surface area (Å²) < 4.78 is 10.0. The van der Waals surface area contributed by atoms with Gasteiger partial charge in [-0.05, 0) is 31.9 Å². The lowest BCUT2D eigenvalue weighted by atomic mass is 10.1. The number of hydrogen-bond donors (Lipinski definition) is 2. The summed E-state index contributed by atoms with van der Waals surface area (Å²) in [5.41, 5.74) is 0. The molecule has 18 heavy (non-hydrogen) atoms. The normalized spacial score (nSPS) is 14.2. The van der Waals surface area contributed by atoms with Crippen LogP contribution in [-0.2, 0) is 4.74 Å². The van der Waals surface area contributed by atoms with E-state index in [1.165, 1.54) is 7.11 Å². The molecule has 0 aliphatic carbocycles. The standard InChI is InChI=1S/C13H21NO4/c1-4-10(7-8-15)14-9(2)11-5-6-12(18-11)13(16)17-3/h5-6,9-10,14-15H,4,7-8H2,1-3H3. The van der Waals surface area contributed by atoms with Gasteiger partial charge in [-0.25, -0.2) is 4.79 Å². The summed E-state index contributed by atoms with van der Waals surface area (Å²) in [6, 6.07) is 3.58. The van der Waals surface area contributed by atoms with Crippen LogP contribution < -0.4 is 5.32 Å². The molecule has 1 aromatic rings. The Hall–Kier alpha value is -1.33. The average molecular weight is 255 g/mol. The summed E-state index contributed by atoms with van der Waals surface area (Å²) in [6.45, 7) is 4.17. The number of esters is 1. The van der Waals surface area contributed by atoms with E-state index in [0.29, 0.717) is 12.2 Å². The highest BCUT2D eigenvalue weighted by Crippen LogP contribution is 2.18. The molecule has 0 saturated carbocycles. The number of carbonyl (C=O) groups is 1. The number of nitrogens with one attached hydrogen (secondary N) is 1. The average Bonchev–Trinajstić information content (AvgIpc) is 2.86. The Labute approximate surface area is 107 Å².